The minimum Gasteiger partial charge on any atom is -0.361 e. The molecule has 0 aliphatic rings. The second-order valence-corrected chi connectivity index (χ2v) is 6.85. The number of aryl methyl sites for hydroxylation is 1. The van der Waals surface area contributed by atoms with Crippen LogP contribution in [0.5, 0.6) is 0 Å². The van der Waals surface area contributed by atoms with Crippen molar-refractivity contribution in [2.45, 2.75) is 12.7 Å². The van der Waals surface area contributed by atoms with Crippen LogP contribution in [0.2, 0.25) is 0 Å². The average Bonchev–Trinajstić information content (AvgIpc) is 2.88. The summed E-state index contributed by atoms with van der Waals surface area (Å²) < 4.78 is 27.0. The molecule has 0 spiro atoms. The topological polar surface area (TPSA) is 62.0 Å². The van der Waals surface area contributed by atoms with Gasteiger partial charge in [0, 0.05) is 11.7 Å². The normalized spacial score (nSPS) is 11.7. The minimum absolute atomic E-state index is 0.0317. The van der Waals surface area contributed by atoms with Crippen LogP contribution in [0.1, 0.15) is 11.1 Å². The van der Waals surface area contributed by atoms with E-state index in [0.717, 1.165) is 22.0 Å². The lowest BCUT2D eigenvalue weighted by Crippen LogP contribution is -2.15. The number of sulfonamides is 1. The lowest BCUT2D eigenvalue weighted by atomic mass is 10.2. The molecular weight excluding hydrogens is 284 g/mol. The number of hydrogen-bond donors (Lipinski definition) is 2. The lowest BCUT2D eigenvalue weighted by molar-refractivity contribution is 0.600. The first-order valence-corrected chi connectivity index (χ1v) is 8.30. The summed E-state index contributed by atoms with van der Waals surface area (Å²) in [4.78, 5) is 3.07. The Morgan fingerprint density at radius 2 is 1.81 bits per heavy atom. The van der Waals surface area contributed by atoms with Crippen molar-refractivity contribution < 1.29 is 8.42 Å². The van der Waals surface area contributed by atoms with Gasteiger partial charge in [0.15, 0.2) is 0 Å². The molecule has 5 heteroatoms. The zero-order valence-corrected chi connectivity index (χ0v) is 12.4. The molecule has 0 saturated heterocycles. The van der Waals surface area contributed by atoms with Gasteiger partial charge in [-0.1, -0.05) is 35.9 Å². The van der Waals surface area contributed by atoms with E-state index in [0.29, 0.717) is 5.69 Å². The molecule has 1 aromatic heterocycles. The van der Waals surface area contributed by atoms with Crippen LogP contribution >= 0.6 is 0 Å². The van der Waals surface area contributed by atoms with Gasteiger partial charge < -0.3 is 4.98 Å². The molecule has 1 heterocycles. The second-order valence-electron chi connectivity index (χ2n) is 5.13. The van der Waals surface area contributed by atoms with Crippen LogP contribution in [0.3, 0.4) is 0 Å². The molecule has 2 aromatic carbocycles. The molecule has 3 rings (SSSR count). The van der Waals surface area contributed by atoms with E-state index < -0.39 is 10.0 Å². The first kappa shape index (κ1) is 13.7. The van der Waals surface area contributed by atoms with E-state index >= 15 is 0 Å². The molecule has 2 N–H and O–H groups in total. The van der Waals surface area contributed by atoms with E-state index in [2.05, 4.69) is 9.71 Å². The molecule has 0 aliphatic heterocycles. The number of benzene rings is 2. The molecule has 108 valence electrons. The van der Waals surface area contributed by atoms with E-state index in [4.69, 9.17) is 0 Å². The molecule has 3 aromatic rings. The first-order chi connectivity index (χ1) is 10.0. The molecule has 0 radical (unpaired) electrons. The van der Waals surface area contributed by atoms with Crippen LogP contribution in [0, 0.1) is 6.92 Å². The van der Waals surface area contributed by atoms with E-state index in [1.807, 2.05) is 49.5 Å². The molecular formula is C16H16N2O2S. The van der Waals surface area contributed by atoms with Gasteiger partial charge in [0.25, 0.3) is 0 Å². The Labute approximate surface area is 123 Å². The fraction of sp³-hybridized carbons (Fsp3) is 0.125. The Bertz CT molecular complexity index is 865. The molecule has 0 unspecified atom stereocenters. The van der Waals surface area contributed by atoms with Gasteiger partial charge in [-0.05, 0) is 36.1 Å². The maximum Gasteiger partial charge on any atom is 0.236 e. The van der Waals surface area contributed by atoms with Gasteiger partial charge in [-0.25, -0.2) is 8.42 Å². The predicted molar refractivity (Wildman–Crippen MR) is 85.7 cm³/mol. The fourth-order valence-electron chi connectivity index (χ4n) is 2.23. The van der Waals surface area contributed by atoms with Crippen molar-refractivity contribution in [2.75, 3.05) is 4.72 Å². The lowest BCUT2D eigenvalue weighted by Gasteiger charge is -2.08. The number of rotatable bonds is 4. The highest BCUT2D eigenvalue weighted by atomic mass is 32.2. The highest BCUT2D eigenvalue weighted by molar-refractivity contribution is 7.91. The number of nitrogens with one attached hydrogen (secondary N) is 2. The third-order valence-electron chi connectivity index (χ3n) is 3.31. The zero-order chi connectivity index (χ0) is 14.9. The van der Waals surface area contributed by atoms with Crippen LogP contribution in [0.25, 0.3) is 10.9 Å². The number of H-pyrrole nitrogens is 1. The number of anilines is 1. The van der Waals surface area contributed by atoms with Gasteiger partial charge in [0.2, 0.25) is 10.0 Å². The summed E-state index contributed by atoms with van der Waals surface area (Å²) in [7, 11) is -3.42. The monoisotopic (exact) mass is 300 g/mol. The molecule has 0 fully saturated rings. The number of fused-ring (bicyclic) bond motifs is 1. The highest BCUT2D eigenvalue weighted by Gasteiger charge is 2.12. The van der Waals surface area contributed by atoms with Crippen LogP contribution in [0.4, 0.5) is 5.69 Å². The van der Waals surface area contributed by atoms with Crippen molar-refractivity contribution in [3.8, 4) is 0 Å². The molecule has 0 saturated carbocycles. The Morgan fingerprint density at radius 1 is 1.05 bits per heavy atom. The smallest absolute Gasteiger partial charge is 0.236 e. The first-order valence-electron chi connectivity index (χ1n) is 6.65. The summed E-state index contributed by atoms with van der Waals surface area (Å²) >= 11 is 0. The molecule has 0 atom stereocenters. The average molecular weight is 300 g/mol. The molecule has 4 nitrogen and oxygen atoms in total. The van der Waals surface area contributed by atoms with Gasteiger partial charge in [0.05, 0.1) is 11.4 Å². The third-order valence-corrected chi connectivity index (χ3v) is 4.57. The summed E-state index contributed by atoms with van der Waals surface area (Å²) in [6.45, 7) is 1.97. The Morgan fingerprint density at radius 3 is 2.57 bits per heavy atom. The van der Waals surface area contributed by atoms with Crippen molar-refractivity contribution in [3.05, 3.63) is 65.9 Å². The molecule has 21 heavy (non-hydrogen) atoms. The van der Waals surface area contributed by atoms with E-state index in [1.165, 1.54) is 0 Å². The van der Waals surface area contributed by atoms with E-state index in [-0.39, 0.29) is 5.75 Å². The van der Waals surface area contributed by atoms with Crippen molar-refractivity contribution >= 4 is 26.6 Å². The zero-order valence-electron chi connectivity index (χ0n) is 11.6. The minimum atomic E-state index is -3.42. The number of aromatic nitrogens is 1. The standard InChI is InChI=1S/C16H16N2O2S/c1-12-2-4-13(5-3-12)11-21(19,20)18-15-7-6-14-8-9-17-16(14)10-15/h2-10,17-18H,11H2,1H3. The van der Waals surface area contributed by atoms with E-state index in [1.54, 1.807) is 12.1 Å². The van der Waals surface area contributed by atoms with Gasteiger partial charge >= 0.3 is 0 Å². The van der Waals surface area contributed by atoms with Crippen LogP contribution in [0.15, 0.2) is 54.7 Å². The maximum atomic E-state index is 12.2. The summed E-state index contributed by atoms with van der Waals surface area (Å²) in [6.07, 6.45) is 1.83. The Balaban J connectivity index is 1.80. The summed E-state index contributed by atoms with van der Waals surface area (Å²) in [5.74, 6) is -0.0317. The summed E-state index contributed by atoms with van der Waals surface area (Å²) in [5, 5.41) is 1.05. The fourth-order valence-corrected chi connectivity index (χ4v) is 3.42. The quantitative estimate of drug-likeness (QED) is 0.775. The second kappa shape index (κ2) is 5.26. The SMILES string of the molecule is Cc1ccc(CS(=O)(=O)Nc2ccc3cc[nH]c3c2)cc1. The van der Waals surface area contributed by atoms with Crippen LogP contribution in [-0.4, -0.2) is 13.4 Å². The van der Waals surface area contributed by atoms with Crippen molar-refractivity contribution in [1.82, 2.24) is 4.98 Å². The van der Waals surface area contributed by atoms with Crippen molar-refractivity contribution in [1.29, 1.82) is 0 Å². The number of aromatic amines is 1. The number of hydrogen-bond acceptors (Lipinski definition) is 2. The Kier molecular flexibility index (Phi) is 3.43. The Hall–Kier alpha value is -2.27. The van der Waals surface area contributed by atoms with Crippen LogP contribution in [-0.2, 0) is 15.8 Å². The molecule has 0 amide bonds. The van der Waals surface area contributed by atoms with Crippen molar-refractivity contribution in [3.63, 3.8) is 0 Å². The van der Waals surface area contributed by atoms with Gasteiger partial charge in [0.1, 0.15) is 0 Å². The largest absolute Gasteiger partial charge is 0.361 e. The summed E-state index contributed by atoms with van der Waals surface area (Å²) in [5.41, 5.74) is 3.36. The third kappa shape index (κ3) is 3.25. The van der Waals surface area contributed by atoms with Crippen LogP contribution < -0.4 is 4.72 Å². The highest BCUT2D eigenvalue weighted by Crippen LogP contribution is 2.19. The van der Waals surface area contributed by atoms with E-state index in [9.17, 15) is 8.42 Å². The molecule has 0 bridgehead atoms. The van der Waals surface area contributed by atoms with Gasteiger partial charge in [-0.3, -0.25) is 4.72 Å². The van der Waals surface area contributed by atoms with Gasteiger partial charge in [-0.2, -0.15) is 0 Å². The van der Waals surface area contributed by atoms with Crippen molar-refractivity contribution in [2.24, 2.45) is 0 Å². The molecule has 0 aliphatic carbocycles. The summed E-state index contributed by atoms with van der Waals surface area (Å²) in [6, 6.07) is 14.9. The predicted octanol–water partition coefficient (Wildman–Crippen LogP) is 3.42. The van der Waals surface area contributed by atoms with Gasteiger partial charge in [-0.15, -0.1) is 0 Å². The maximum absolute atomic E-state index is 12.2.